The molecule has 0 aliphatic rings. The van der Waals surface area contributed by atoms with Gasteiger partial charge in [0.25, 0.3) is 15.9 Å². The van der Waals surface area contributed by atoms with E-state index in [4.69, 9.17) is 0 Å². The molecular formula is C16H14F3NO5S2. The molecule has 0 aliphatic carbocycles. The van der Waals surface area contributed by atoms with Gasteiger partial charge < -0.3 is 0 Å². The Morgan fingerprint density at radius 3 is 2.00 bits per heavy atom. The number of nitrogens with one attached hydrogen (secondary N) is 1. The Bertz CT molecular complexity index is 1080. The molecule has 0 atom stereocenters. The standard InChI is InChI=1S/C16H14F3NO5S2/c1-2-26(22,23)13-9-5-3-7-11(13)15(21)20-27(24,25)14-10-6-4-8-12(14)16(17,18)19/h3-10H,2H2,1H3,(H,20,21). The summed E-state index contributed by atoms with van der Waals surface area (Å²) < 4.78 is 89.5. The topological polar surface area (TPSA) is 97.4 Å². The number of sulfonamides is 1. The van der Waals surface area contributed by atoms with Crippen LogP contribution in [0.4, 0.5) is 13.2 Å². The van der Waals surface area contributed by atoms with Gasteiger partial charge >= 0.3 is 6.18 Å². The highest BCUT2D eigenvalue weighted by atomic mass is 32.2. The molecule has 27 heavy (non-hydrogen) atoms. The molecule has 0 saturated carbocycles. The van der Waals surface area contributed by atoms with E-state index in [-0.39, 0.29) is 5.75 Å². The van der Waals surface area contributed by atoms with Gasteiger partial charge in [0.15, 0.2) is 9.84 Å². The van der Waals surface area contributed by atoms with Crippen LogP contribution in [0.2, 0.25) is 0 Å². The molecule has 0 heterocycles. The van der Waals surface area contributed by atoms with E-state index in [9.17, 15) is 34.8 Å². The van der Waals surface area contributed by atoms with Crippen molar-refractivity contribution < 1.29 is 34.8 Å². The Morgan fingerprint density at radius 1 is 0.926 bits per heavy atom. The van der Waals surface area contributed by atoms with Gasteiger partial charge in [-0.2, -0.15) is 13.2 Å². The first-order valence-corrected chi connectivity index (χ1v) is 10.6. The molecule has 0 aliphatic heterocycles. The van der Waals surface area contributed by atoms with E-state index in [0.717, 1.165) is 24.3 Å². The molecule has 2 aromatic rings. The number of hydrogen-bond donors (Lipinski definition) is 1. The number of halogens is 3. The number of hydrogen-bond acceptors (Lipinski definition) is 5. The fourth-order valence-corrected chi connectivity index (χ4v) is 4.54. The van der Waals surface area contributed by atoms with Crippen LogP contribution in [0.3, 0.4) is 0 Å². The fraction of sp³-hybridized carbons (Fsp3) is 0.188. The average molecular weight is 421 g/mol. The Morgan fingerprint density at radius 2 is 1.44 bits per heavy atom. The van der Waals surface area contributed by atoms with Gasteiger partial charge in [0.2, 0.25) is 0 Å². The molecule has 0 saturated heterocycles. The van der Waals surface area contributed by atoms with Crippen LogP contribution < -0.4 is 4.72 Å². The quantitative estimate of drug-likeness (QED) is 0.801. The summed E-state index contributed by atoms with van der Waals surface area (Å²) in [4.78, 5) is 10.8. The highest BCUT2D eigenvalue weighted by molar-refractivity contribution is 7.91. The van der Waals surface area contributed by atoms with Gasteiger partial charge in [-0.3, -0.25) is 4.79 Å². The Hall–Kier alpha value is -2.40. The summed E-state index contributed by atoms with van der Waals surface area (Å²) in [5.41, 5.74) is -1.92. The van der Waals surface area contributed by atoms with Crippen LogP contribution in [0.15, 0.2) is 58.3 Å². The van der Waals surface area contributed by atoms with Gasteiger partial charge in [-0.1, -0.05) is 31.2 Å². The van der Waals surface area contributed by atoms with E-state index >= 15 is 0 Å². The van der Waals surface area contributed by atoms with Crippen LogP contribution >= 0.6 is 0 Å². The van der Waals surface area contributed by atoms with Gasteiger partial charge in [0, 0.05) is 0 Å². The molecule has 1 N–H and O–H groups in total. The van der Waals surface area contributed by atoms with Crippen LogP contribution in [0.25, 0.3) is 0 Å². The van der Waals surface area contributed by atoms with Crippen molar-refractivity contribution in [2.75, 3.05) is 5.75 Å². The van der Waals surface area contributed by atoms with Crippen LogP contribution in [0.5, 0.6) is 0 Å². The van der Waals surface area contributed by atoms with E-state index in [2.05, 4.69) is 0 Å². The second-order valence-electron chi connectivity index (χ2n) is 5.33. The minimum atomic E-state index is -4.96. The summed E-state index contributed by atoms with van der Waals surface area (Å²) in [6, 6.07) is 8.18. The van der Waals surface area contributed by atoms with Gasteiger partial charge in [-0.15, -0.1) is 0 Å². The monoisotopic (exact) mass is 421 g/mol. The highest BCUT2D eigenvalue weighted by Crippen LogP contribution is 2.34. The zero-order valence-electron chi connectivity index (χ0n) is 13.8. The molecule has 11 heteroatoms. The van der Waals surface area contributed by atoms with E-state index in [0.29, 0.717) is 12.1 Å². The first kappa shape index (κ1) is 20.9. The van der Waals surface area contributed by atoms with Crippen molar-refractivity contribution >= 4 is 25.8 Å². The zero-order chi connectivity index (χ0) is 20.5. The van der Waals surface area contributed by atoms with E-state index in [1.165, 1.54) is 23.8 Å². The second kappa shape index (κ2) is 7.31. The SMILES string of the molecule is CCS(=O)(=O)c1ccccc1C(=O)NS(=O)(=O)c1ccccc1C(F)(F)F. The second-order valence-corrected chi connectivity index (χ2v) is 9.23. The number of benzene rings is 2. The lowest BCUT2D eigenvalue weighted by molar-refractivity contribution is -0.139. The van der Waals surface area contributed by atoms with Crippen LogP contribution in [0, 0.1) is 0 Å². The molecule has 2 rings (SSSR count). The normalized spacial score (nSPS) is 12.6. The van der Waals surface area contributed by atoms with E-state index in [1.54, 1.807) is 0 Å². The van der Waals surface area contributed by atoms with Gasteiger partial charge in [0.1, 0.15) is 0 Å². The van der Waals surface area contributed by atoms with E-state index in [1.807, 2.05) is 0 Å². The van der Waals surface area contributed by atoms with Crippen molar-refractivity contribution in [3.05, 3.63) is 59.7 Å². The molecule has 0 radical (unpaired) electrons. The summed E-state index contributed by atoms with van der Waals surface area (Å²) in [7, 11) is -8.77. The minimum absolute atomic E-state index is 0.346. The summed E-state index contributed by atoms with van der Waals surface area (Å²) >= 11 is 0. The minimum Gasteiger partial charge on any atom is -0.268 e. The van der Waals surface area contributed by atoms with Crippen molar-refractivity contribution in [2.24, 2.45) is 0 Å². The van der Waals surface area contributed by atoms with Gasteiger partial charge in [-0.25, -0.2) is 21.6 Å². The predicted molar refractivity (Wildman–Crippen MR) is 90.3 cm³/mol. The predicted octanol–water partition coefficient (Wildman–Crippen LogP) is 2.62. The van der Waals surface area contributed by atoms with Crippen molar-refractivity contribution in [3.8, 4) is 0 Å². The van der Waals surface area contributed by atoms with Gasteiger partial charge in [-0.05, 0) is 24.3 Å². The summed E-state index contributed by atoms with van der Waals surface area (Å²) in [6.07, 6.45) is -4.96. The first-order valence-electron chi connectivity index (χ1n) is 7.45. The molecule has 0 fully saturated rings. The van der Waals surface area contributed by atoms with Crippen molar-refractivity contribution in [3.63, 3.8) is 0 Å². The number of alkyl halides is 3. The van der Waals surface area contributed by atoms with E-state index < -0.39 is 52.9 Å². The Kier molecular flexibility index (Phi) is 5.66. The van der Waals surface area contributed by atoms with Crippen molar-refractivity contribution in [1.29, 1.82) is 0 Å². The summed E-state index contributed by atoms with van der Waals surface area (Å²) in [6.45, 7) is 1.33. The van der Waals surface area contributed by atoms with Crippen LogP contribution in [0.1, 0.15) is 22.8 Å². The number of carbonyl (C=O) groups is 1. The van der Waals surface area contributed by atoms with Crippen LogP contribution in [-0.2, 0) is 26.0 Å². The smallest absolute Gasteiger partial charge is 0.268 e. The molecule has 0 spiro atoms. The van der Waals surface area contributed by atoms with Gasteiger partial charge in [0.05, 0.1) is 26.7 Å². The number of amides is 1. The molecule has 0 unspecified atom stereocenters. The lowest BCUT2D eigenvalue weighted by atomic mass is 10.2. The first-order chi connectivity index (χ1) is 12.4. The molecule has 146 valence electrons. The average Bonchev–Trinajstić information content (AvgIpc) is 2.60. The Balaban J connectivity index is 2.49. The largest absolute Gasteiger partial charge is 0.417 e. The number of sulfone groups is 1. The molecule has 2 aromatic carbocycles. The Labute approximate surface area is 154 Å². The maximum absolute atomic E-state index is 13.0. The lowest BCUT2D eigenvalue weighted by Gasteiger charge is -2.14. The third kappa shape index (κ3) is 4.48. The zero-order valence-corrected chi connectivity index (χ0v) is 15.5. The molecular weight excluding hydrogens is 407 g/mol. The molecule has 6 nitrogen and oxygen atoms in total. The molecule has 0 aromatic heterocycles. The van der Waals surface area contributed by atoms with Crippen molar-refractivity contribution in [1.82, 2.24) is 4.72 Å². The maximum atomic E-state index is 13.0. The highest BCUT2D eigenvalue weighted by Gasteiger charge is 2.37. The summed E-state index contributed by atoms with van der Waals surface area (Å²) in [5, 5.41) is 0. The molecule has 1 amide bonds. The number of rotatable bonds is 5. The molecule has 0 bridgehead atoms. The third-order valence-electron chi connectivity index (χ3n) is 3.56. The fourth-order valence-electron chi connectivity index (χ4n) is 2.25. The number of carbonyl (C=O) groups excluding carboxylic acids is 1. The van der Waals surface area contributed by atoms with Crippen LogP contribution in [-0.4, -0.2) is 28.5 Å². The van der Waals surface area contributed by atoms with Crippen molar-refractivity contribution in [2.45, 2.75) is 22.9 Å². The third-order valence-corrected chi connectivity index (χ3v) is 6.73. The lowest BCUT2D eigenvalue weighted by Crippen LogP contribution is -2.33. The maximum Gasteiger partial charge on any atom is 0.417 e. The summed E-state index contributed by atoms with van der Waals surface area (Å²) in [5.74, 6) is -1.69.